The van der Waals surface area contributed by atoms with Crippen LogP contribution in [-0.4, -0.2) is 6.21 Å². The summed E-state index contributed by atoms with van der Waals surface area (Å²) in [5.41, 5.74) is 0. The molecule has 0 aromatic rings. The van der Waals surface area contributed by atoms with E-state index in [1.54, 1.807) is 6.21 Å². The van der Waals surface area contributed by atoms with Gasteiger partial charge in [-0.3, -0.25) is 0 Å². The predicted octanol–water partition coefficient (Wildman–Crippen LogP) is 1.93. The molecule has 0 saturated heterocycles. The Morgan fingerprint density at radius 3 is 2.38 bits per heavy atom. The lowest BCUT2D eigenvalue weighted by Crippen LogP contribution is -1.92. The zero-order valence-electron chi connectivity index (χ0n) is 5.52. The van der Waals surface area contributed by atoms with Crippen molar-refractivity contribution in [1.29, 1.82) is 5.41 Å². The summed E-state index contributed by atoms with van der Waals surface area (Å²) in [4.78, 5) is 0. The average molecular weight is 111 g/mol. The van der Waals surface area contributed by atoms with E-state index in [-0.39, 0.29) is 0 Å². The third-order valence-corrected chi connectivity index (χ3v) is 1.96. The van der Waals surface area contributed by atoms with Gasteiger partial charge in [-0.25, -0.2) is 0 Å². The lowest BCUT2D eigenvalue weighted by molar-refractivity contribution is 0.549. The van der Waals surface area contributed by atoms with Gasteiger partial charge in [0, 0.05) is 0 Å². The fourth-order valence-corrected chi connectivity index (χ4v) is 1.19. The van der Waals surface area contributed by atoms with Crippen LogP contribution in [0.3, 0.4) is 0 Å². The topological polar surface area (TPSA) is 23.9 Å². The van der Waals surface area contributed by atoms with Crippen molar-refractivity contribution in [2.45, 2.75) is 20.3 Å². The Kier molecular flexibility index (Phi) is 1.37. The van der Waals surface area contributed by atoms with E-state index in [0.29, 0.717) is 5.92 Å². The molecule has 1 saturated carbocycles. The summed E-state index contributed by atoms with van der Waals surface area (Å²) in [5, 5.41) is 6.92. The van der Waals surface area contributed by atoms with Crippen molar-refractivity contribution in [3.63, 3.8) is 0 Å². The Balaban J connectivity index is 2.26. The molecule has 0 aliphatic heterocycles. The Labute approximate surface area is 50.6 Å². The predicted molar refractivity (Wildman–Crippen MR) is 35.2 cm³/mol. The molecule has 1 nitrogen and oxygen atoms in total. The first-order chi connectivity index (χ1) is 3.75. The number of nitrogens with one attached hydrogen (secondary N) is 1. The van der Waals surface area contributed by atoms with Gasteiger partial charge in [-0.05, 0) is 30.4 Å². The van der Waals surface area contributed by atoms with E-state index in [4.69, 9.17) is 5.41 Å². The molecule has 0 aromatic carbocycles. The second-order valence-electron chi connectivity index (χ2n) is 2.97. The van der Waals surface area contributed by atoms with Gasteiger partial charge in [0.2, 0.25) is 0 Å². The first-order valence-electron chi connectivity index (χ1n) is 3.26. The number of hydrogen-bond acceptors (Lipinski definition) is 1. The minimum absolute atomic E-state index is 0.634. The quantitative estimate of drug-likeness (QED) is 0.526. The van der Waals surface area contributed by atoms with Crippen LogP contribution in [0.5, 0.6) is 0 Å². The molecule has 1 N–H and O–H groups in total. The van der Waals surface area contributed by atoms with Crippen molar-refractivity contribution in [2.24, 2.45) is 17.8 Å². The first kappa shape index (κ1) is 5.80. The summed E-state index contributed by atoms with van der Waals surface area (Å²) in [6.07, 6.45) is 2.85. The van der Waals surface area contributed by atoms with Gasteiger partial charge in [-0.1, -0.05) is 13.8 Å². The molecule has 1 aliphatic rings. The second kappa shape index (κ2) is 1.88. The van der Waals surface area contributed by atoms with Crippen LogP contribution in [-0.2, 0) is 0 Å². The van der Waals surface area contributed by atoms with Gasteiger partial charge in [-0.15, -0.1) is 0 Å². The molecule has 8 heavy (non-hydrogen) atoms. The van der Waals surface area contributed by atoms with Crippen molar-refractivity contribution in [3.05, 3.63) is 0 Å². The van der Waals surface area contributed by atoms with Gasteiger partial charge in [0.1, 0.15) is 0 Å². The zero-order chi connectivity index (χ0) is 6.15. The first-order valence-corrected chi connectivity index (χ1v) is 3.26. The molecule has 1 aliphatic carbocycles. The van der Waals surface area contributed by atoms with E-state index in [2.05, 4.69) is 13.8 Å². The zero-order valence-corrected chi connectivity index (χ0v) is 5.52. The molecule has 0 aromatic heterocycles. The molecule has 46 valence electrons. The third kappa shape index (κ3) is 0.908. The van der Waals surface area contributed by atoms with Crippen LogP contribution in [0.15, 0.2) is 0 Å². The standard InChI is InChI=1S/C7H13N/c1-5(2)7-3-6(7)4-8/h4-8H,3H2,1-2H3. The van der Waals surface area contributed by atoms with Crippen LogP contribution >= 0.6 is 0 Å². The second-order valence-corrected chi connectivity index (χ2v) is 2.97. The van der Waals surface area contributed by atoms with Crippen molar-refractivity contribution in [1.82, 2.24) is 0 Å². The molecule has 1 fully saturated rings. The highest BCUT2D eigenvalue weighted by molar-refractivity contribution is 5.61. The average Bonchev–Trinajstić information content (AvgIpc) is 2.42. The van der Waals surface area contributed by atoms with Gasteiger partial charge < -0.3 is 5.41 Å². The van der Waals surface area contributed by atoms with Crippen molar-refractivity contribution in [3.8, 4) is 0 Å². The molecule has 2 unspecified atom stereocenters. The summed E-state index contributed by atoms with van der Waals surface area (Å²) in [6.45, 7) is 4.46. The van der Waals surface area contributed by atoms with E-state index in [1.165, 1.54) is 6.42 Å². The van der Waals surface area contributed by atoms with Gasteiger partial charge in [0.25, 0.3) is 0 Å². The highest BCUT2D eigenvalue weighted by Gasteiger charge is 2.37. The van der Waals surface area contributed by atoms with Crippen LogP contribution in [0.2, 0.25) is 0 Å². The van der Waals surface area contributed by atoms with E-state index in [1.807, 2.05) is 0 Å². The van der Waals surface area contributed by atoms with E-state index >= 15 is 0 Å². The summed E-state index contributed by atoms with van der Waals surface area (Å²) in [5.74, 6) is 2.27. The maximum Gasteiger partial charge on any atom is -0.00138 e. The van der Waals surface area contributed by atoms with Crippen LogP contribution in [0, 0.1) is 23.2 Å². The minimum Gasteiger partial charge on any atom is -0.313 e. The Morgan fingerprint density at radius 2 is 2.25 bits per heavy atom. The Morgan fingerprint density at radius 1 is 1.62 bits per heavy atom. The van der Waals surface area contributed by atoms with E-state index in [0.717, 1.165) is 11.8 Å². The Bertz CT molecular complexity index is 96.6. The van der Waals surface area contributed by atoms with Crippen molar-refractivity contribution < 1.29 is 0 Å². The summed E-state index contributed by atoms with van der Waals surface area (Å²) >= 11 is 0. The molecule has 0 spiro atoms. The van der Waals surface area contributed by atoms with Crippen LogP contribution in [0.1, 0.15) is 20.3 Å². The fourth-order valence-electron chi connectivity index (χ4n) is 1.19. The Hall–Kier alpha value is -0.330. The van der Waals surface area contributed by atoms with Gasteiger partial charge in [0.15, 0.2) is 0 Å². The van der Waals surface area contributed by atoms with E-state index in [9.17, 15) is 0 Å². The monoisotopic (exact) mass is 111 g/mol. The lowest BCUT2D eigenvalue weighted by Gasteiger charge is -1.97. The van der Waals surface area contributed by atoms with Gasteiger partial charge >= 0.3 is 0 Å². The van der Waals surface area contributed by atoms with Crippen LogP contribution < -0.4 is 0 Å². The molecule has 0 amide bonds. The summed E-state index contributed by atoms with van der Waals surface area (Å²) in [7, 11) is 0. The maximum absolute atomic E-state index is 6.92. The van der Waals surface area contributed by atoms with Crippen LogP contribution in [0.4, 0.5) is 0 Å². The van der Waals surface area contributed by atoms with Gasteiger partial charge in [-0.2, -0.15) is 0 Å². The van der Waals surface area contributed by atoms with E-state index < -0.39 is 0 Å². The SMILES string of the molecule is CC(C)C1CC1C=N. The smallest absolute Gasteiger partial charge is 0.00138 e. The van der Waals surface area contributed by atoms with Gasteiger partial charge in [0.05, 0.1) is 0 Å². The molecule has 1 heteroatoms. The minimum atomic E-state index is 0.634. The number of hydrogen-bond donors (Lipinski definition) is 1. The van der Waals surface area contributed by atoms with Crippen LogP contribution in [0.25, 0.3) is 0 Å². The molecule has 1 rings (SSSR count). The summed E-state index contributed by atoms with van der Waals surface area (Å²) in [6, 6.07) is 0. The molecular formula is C7H13N. The molecule has 0 bridgehead atoms. The highest BCUT2D eigenvalue weighted by Crippen LogP contribution is 2.42. The molecule has 0 heterocycles. The fraction of sp³-hybridized carbons (Fsp3) is 0.857. The lowest BCUT2D eigenvalue weighted by atomic mass is 10.1. The molecule has 2 atom stereocenters. The third-order valence-electron chi connectivity index (χ3n) is 1.96. The highest BCUT2D eigenvalue weighted by atomic mass is 14.5. The largest absolute Gasteiger partial charge is 0.313 e. The molecule has 0 radical (unpaired) electrons. The maximum atomic E-state index is 6.92. The molecular weight excluding hydrogens is 98.1 g/mol. The summed E-state index contributed by atoms with van der Waals surface area (Å²) < 4.78 is 0. The number of rotatable bonds is 2. The normalized spacial score (nSPS) is 35.4. The van der Waals surface area contributed by atoms with Crippen molar-refractivity contribution in [2.75, 3.05) is 0 Å². The van der Waals surface area contributed by atoms with Crippen molar-refractivity contribution >= 4 is 6.21 Å².